The molecule has 0 bridgehead atoms. The first-order valence-corrected chi connectivity index (χ1v) is 5.83. The molecule has 0 spiro atoms. The first-order chi connectivity index (χ1) is 6.94. The number of carbonyl (C=O) groups is 1. The van der Waals surface area contributed by atoms with E-state index in [-0.39, 0.29) is 5.91 Å². The van der Waals surface area contributed by atoms with E-state index in [4.69, 9.17) is 5.11 Å². The van der Waals surface area contributed by atoms with Crippen molar-refractivity contribution in [1.82, 2.24) is 5.32 Å². The van der Waals surface area contributed by atoms with Crippen LogP contribution in [0.2, 0.25) is 0 Å². The van der Waals surface area contributed by atoms with Crippen molar-refractivity contribution < 1.29 is 9.90 Å². The van der Waals surface area contributed by atoms with Crippen LogP contribution in [0.15, 0.2) is 17.5 Å². The summed E-state index contributed by atoms with van der Waals surface area (Å²) < 4.78 is 0. The van der Waals surface area contributed by atoms with Crippen LogP contribution in [-0.4, -0.2) is 23.7 Å². The minimum Gasteiger partial charge on any atom is -0.392 e. The normalized spacial score (nSPS) is 13.6. The molecule has 1 rings (SSSR count). The topological polar surface area (TPSA) is 49.3 Å². The van der Waals surface area contributed by atoms with Gasteiger partial charge in [0.1, 0.15) is 0 Å². The highest BCUT2D eigenvalue weighted by atomic mass is 32.1. The van der Waals surface area contributed by atoms with E-state index in [1.165, 1.54) is 0 Å². The van der Waals surface area contributed by atoms with Crippen molar-refractivity contribution in [2.24, 2.45) is 0 Å². The summed E-state index contributed by atoms with van der Waals surface area (Å²) in [6.07, 6.45) is -0.506. The lowest BCUT2D eigenvalue weighted by Gasteiger charge is -2.22. The Hall–Kier alpha value is -0.870. The van der Waals surface area contributed by atoms with Gasteiger partial charge in [-0.25, -0.2) is 0 Å². The van der Waals surface area contributed by atoms with Crippen LogP contribution >= 0.6 is 11.3 Å². The summed E-state index contributed by atoms with van der Waals surface area (Å²) in [7, 11) is 0. The van der Waals surface area contributed by atoms with E-state index < -0.39 is 11.5 Å². The smallest absolute Gasteiger partial charge is 0.231 e. The van der Waals surface area contributed by atoms with Gasteiger partial charge in [0, 0.05) is 11.4 Å². The zero-order chi connectivity index (χ0) is 11.5. The highest BCUT2D eigenvalue weighted by Gasteiger charge is 2.30. The molecule has 0 aliphatic carbocycles. The molecule has 1 amide bonds. The van der Waals surface area contributed by atoms with Gasteiger partial charge in [-0.05, 0) is 32.2 Å². The van der Waals surface area contributed by atoms with Gasteiger partial charge in [0.25, 0.3) is 0 Å². The SMILES string of the molecule is CC(O)CNC(=O)C(C)(C)c1cccs1. The lowest BCUT2D eigenvalue weighted by Crippen LogP contribution is -2.42. The maximum absolute atomic E-state index is 11.9. The van der Waals surface area contributed by atoms with Crippen LogP contribution in [0, 0.1) is 0 Å². The summed E-state index contributed by atoms with van der Waals surface area (Å²) in [6.45, 7) is 5.72. The van der Waals surface area contributed by atoms with Crippen molar-refractivity contribution in [3.8, 4) is 0 Å². The number of rotatable bonds is 4. The Kier molecular flexibility index (Phi) is 3.88. The number of aliphatic hydroxyl groups excluding tert-OH is 1. The third-order valence-electron chi connectivity index (χ3n) is 2.26. The molecule has 3 nitrogen and oxygen atoms in total. The molecule has 2 N–H and O–H groups in total. The zero-order valence-electron chi connectivity index (χ0n) is 9.28. The van der Waals surface area contributed by atoms with E-state index >= 15 is 0 Å². The second-order valence-corrected chi connectivity index (χ2v) is 5.11. The fourth-order valence-corrected chi connectivity index (χ4v) is 2.06. The zero-order valence-corrected chi connectivity index (χ0v) is 10.1. The highest BCUT2D eigenvalue weighted by Crippen LogP contribution is 2.27. The van der Waals surface area contributed by atoms with Crippen molar-refractivity contribution in [3.63, 3.8) is 0 Å². The van der Waals surface area contributed by atoms with Gasteiger partial charge in [-0.15, -0.1) is 11.3 Å². The third kappa shape index (κ3) is 3.04. The largest absolute Gasteiger partial charge is 0.392 e. The number of carbonyl (C=O) groups excluding carboxylic acids is 1. The lowest BCUT2D eigenvalue weighted by atomic mass is 9.90. The molecule has 1 unspecified atom stereocenters. The number of hydrogen-bond donors (Lipinski definition) is 2. The average Bonchev–Trinajstić information content (AvgIpc) is 2.66. The fourth-order valence-electron chi connectivity index (χ4n) is 1.21. The monoisotopic (exact) mass is 227 g/mol. The Morgan fingerprint density at radius 2 is 2.33 bits per heavy atom. The molecule has 15 heavy (non-hydrogen) atoms. The lowest BCUT2D eigenvalue weighted by molar-refractivity contribution is -0.126. The van der Waals surface area contributed by atoms with Gasteiger partial charge in [0.05, 0.1) is 11.5 Å². The van der Waals surface area contributed by atoms with Crippen LogP contribution in [0.3, 0.4) is 0 Å². The van der Waals surface area contributed by atoms with Gasteiger partial charge >= 0.3 is 0 Å². The molecule has 4 heteroatoms. The van der Waals surface area contributed by atoms with E-state index in [0.717, 1.165) is 4.88 Å². The summed E-state index contributed by atoms with van der Waals surface area (Å²) in [5, 5.41) is 13.8. The molecule has 1 aromatic heterocycles. The molecule has 0 fully saturated rings. The number of thiophene rings is 1. The molecular formula is C11H17NO2S. The Labute approximate surface area is 94.1 Å². The maximum Gasteiger partial charge on any atom is 0.231 e. The third-order valence-corrected chi connectivity index (χ3v) is 3.46. The number of aliphatic hydroxyl groups is 1. The van der Waals surface area contributed by atoms with E-state index in [1.807, 2.05) is 31.4 Å². The van der Waals surface area contributed by atoms with Crippen LogP contribution in [0.5, 0.6) is 0 Å². The summed E-state index contributed by atoms with van der Waals surface area (Å²) in [6, 6.07) is 3.89. The van der Waals surface area contributed by atoms with Crippen molar-refractivity contribution in [2.45, 2.75) is 32.3 Å². The Morgan fingerprint density at radius 1 is 1.67 bits per heavy atom. The number of hydrogen-bond acceptors (Lipinski definition) is 3. The second kappa shape index (κ2) is 4.77. The predicted molar refractivity (Wildman–Crippen MR) is 62.0 cm³/mol. The standard InChI is InChI=1S/C11H17NO2S/c1-8(13)7-12-10(14)11(2,3)9-5-4-6-15-9/h4-6,8,13H,7H2,1-3H3,(H,12,14). The van der Waals surface area contributed by atoms with Crippen molar-refractivity contribution >= 4 is 17.2 Å². The molecule has 1 aromatic rings. The van der Waals surface area contributed by atoms with Crippen LogP contribution < -0.4 is 5.32 Å². The Bertz CT molecular complexity index is 317. The van der Waals surface area contributed by atoms with Crippen molar-refractivity contribution in [1.29, 1.82) is 0 Å². The minimum atomic E-state index is -0.525. The Morgan fingerprint density at radius 3 is 2.80 bits per heavy atom. The van der Waals surface area contributed by atoms with Gasteiger partial charge in [-0.1, -0.05) is 6.07 Å². The molecule has 1 heterocycles. The van der Waals surface area contributed by atoms with Gasteiger partial charge in [0.2, 0.25) is 5.91 Å². The maximum atomic E-state index is 11.9. The molecule has 84 valence electrons. The number of amides is 1. The van der Waals surface area contributed by atoms with Crippen LogP contribution in [0.25, 0.3) is 0 Å². The molecule has 0 aliphatic rings. The molecule has 0 saturated carbocycles. The van der Waals surface area contributed by atoms with Gasteiger partial charge in [-0.2, -0.15) is 0 Å². The predicted octanol–water partition coefficient (Wildman–Crippen LogP) is 1.52. The molecule has 0 radical (unpaired) electrons. The van der Waals surface area contributed by atoms with Gasteiger partial charge in [0.15, 0.2) is 0 Å². The van der Waals surface area contributed by atoms with Gasteiger partial charge < -0.3 is 10.4 Å². The van der Waals surface area contributed by atoms with E-state index in [2.05, 4.69) is 5.32 Å². The van der Waals surface area contributed by atoms with Crippen molar-refractivity contribution in [2.75, 3.05) is 6.54 Å². The van der Waals surface area contributed by atoms with E-state index in [0.29, 0.717) is 6.54 Å². The van der Waals surface area contributed by atoms with Crippen molar-refractivity contribution in [3.05, 3.63) is 22.4 Å². The average molecular weight is 227 g/mol. The molecule has 0 aromatic carbocycles. The fraction of sp³-hybridized carbons (Fsp3) is 0.545. The van der Waals surface area contributed by atoms with E-state index in [1.54, 1.807) is 18.3 Å². The molecular weight excluding hydrogens is 210 g/mol. The van der Waals surface area contributed by atoms with Crippen LogP contribution in [0.1, 0.15) is 25.6 Å². The highest BCUT2D eigenvalue weighted by molar-refractivity contribution is 7.10. The van der Waals surface area contributed by atoms with Crippen LogP contribution in [-0.2, 0) is 10.2 Å². The summed E-state index contributed by atoms with van der Waals surface area (Å²) in [5.74, 6) is -0.0501. The molecule has 0 saturated heterocycles. The van der Waals surface area contributed by atoms with Crippen LogP contribution in [0.4, 0.5) is 0 Å². The first-order valence-electron chi connectivity index (χ1n) is 4.95. The Balaban J connectivity index is 2.66. The van der Waals surface area contributed by atoms with E-state index in [9.17, 15) is 4.79 Å². The summed E-state index contributed by atoms with van der Waals surface area (Å²) in [5.41, 5.74) is -0.525. The number of nitrogens with one attached hydrogen (secondary N) is 1. The molecule has 0 aliphatic heterocycles. The second-order valence-electron chi connectivity index (χ2n) is 4.16. The molecule has 1 atom stereocenters. The summed E-state index contributed by atoms with van der Waals surface area (Å²) in [4.78, 5) is 12.9. The minimum absolute atomic E-state index is 0.0501. The quantitative estimate of drug-likeness (QED) is 0.819. The van der Waals surface area contributed by atoms with Gasteiger partial charge in [-0.3, -0.25) is 4.79 Å². The summed E-state index contributed by atoms with van der Waals surface area (Å²) >= 11 is 1.57. The first kappa shape index (κ1) is 12.2.